The van der Waals surface area contributed by atoms with Crippen LogP contribution in [0.1, 0.15) is 13.8 Å². The van der Waals surface area contributed by atoms with Gasteiger partial charge >= 0.3 is 6.03 Å². The van der Waals surface area contributed by atoms with Gasteiger partial charge < -0.3 is 14.8 Å². The van der Waals surface area contributed by atoms with Crippen LogP contribution >= 0.6 is 11.6 Å². The van der Waals surface area contributed by atoms with Gasteiger partial charge in [-0.25, -0.2) is 23.8 Å². The third-order valence-corrected chi connectivity index (χ3v) is 6.26. The van der Waals surface area contributed by atoms with Gasteiger partial charge in [0, 0.05) is 22.8 Å². The Morgan fingerprint density at radius 3 is 2.91 bits per heavy atom. The number of hydrogen-bond acceptors (Lipinski definition) is 6. The van der Waals surface area contributed by atoms with Gasteiger partial charge in [0.25, 0.3) is 0 Å². The fourth-order valence-corrected chi connectivity index (χ4v) is 4.46. The molecule has 3 N–H and O–H groups in total. The number of nitrogens with zero attached hydrogens (tertiary/aromatic N) is 4. The summed E-state index contributed by atoms with van der Waals surface area (Å²) in [5, 5.41) is 13.1. The van der Waals surface area contributed by atoms with E-state index < -0.39 is 21.5 Å². The molecule has 1 aliphatic heterocycles. The van der Waals surface area contributed by atoms with Crippen molar-refractivity contribution >= 4 is 33.2 Å². The summed E-state index contributed by atoms with van der Waals surface area (Å²) in [6, 6.07) is 7.51. The van der Waals surface area contributed by atoms with E-state index >= 15 is 0 Å². The number of halogens is 1. The van der Waals surface area contributed by atoms with E-state index in [0.717, 1.165) is 5.56 Å². The van der Waals surface area contributed by atoms with E-state index in [1.54, 1.807) is 41.2 Å². The van der Waals surface area contributed by atoms with Gasteiger partial charge in [0.1, 0.15) is 10.5 Å². The molecule has 0 aliphatic carbocycles. The van der Waals surface area contributed by atoms with Crippen molar-refractivity contribution in [3.8, 4) is 22.9 Å². The number of rotatable bonds is 4. The molecule has 0 fully saturated rings. The molecule has 10 nitrogen and oxygen atoms in total. The van der Waals surface area contributed by atoms with Crippen molar-refractivity contribution in [2.24, 2.45) is 9.50 Å². The molecule has 0 radical (unpaired) electrons. The van der Waals surface area contributed by atoms with Crippen LogP contribution in [-0.2, 0) is 16.5 Å². The highest BCUT2D eigenvalue weighted by molar-refractivity contribution is 7.91. The molecule has 3 heterocycles. The number of benzene rings is 1. The summed E-state index contributed by atoms with van der Waals surface area (Å²) in [4.78, 5) is 16.8. The number of pyridine rings is 1. The number of urea groups is 1. The van der Waals surface area contributed by atoms with Crippen molar-refractivity contribution in [2.45, 2.75) is 30.9 Å². The molecule has 3 aromatic rings. The predicted molar refractivity (Wildman–Crippen MR) is 120 cm³/mol. The zero-order chi connectivity index (χ0) is 23.1. The quantitative estimate of drug-likeness (QED) is 0.589. The van der Waals surface area contributed by atoms with Crippen LogP contribution in [0.15, 0.2) is 52.0 Å². The average Bonchev–Trinajstić information content (AvgIpc) is 3.22. The number of hydrogen-bond donors (Lipinski definition) is 2. The minimum atomic E-state index is -3.62. The zero-order valence-electron chi connectivity index (χ0n) is 17.5. The Bertz CT molecular complexity index is 1330. The Balaban J connectivity index is 1.66. The van der Waals surface area contributed by atoms with E-state index in [0.29, 0.717) is 28.7 Å². The van der Waals surface area contributed by atoms with Gasteiger partial charge in [-0.05, 0) is 37.6 Å². The highest BCUT2D eigenvalue weighted by atomic mass is 35.5. The van der Waals surface area contributed by atoms with Crippen molar-refractivity contribution in [1.29, 1.82) is 0 Å². The molecule has 1 atom stereocenters. The minimum Gasteiger partial charge on any atom is -0.481 e. The number of fused-ring (bicyclic) bond motifs is 1. The van der Waals surface area contributed by atoms with Crippen LogP contribution in [0.25, 0.3) is 11.1 Å². The van der Waals surface area contributed by atoms with Crippen LogP contribution in [0.5, 0.6) is 11.8 Å². The number of anilines is 1. The second-order valence-electron chi connectivity index (χ2n) is 7.70. The Kier molecular flexibility index (Phi) is 5.57. The molecule has 1 unspecified atom stereocenters. The van der Waals surface area contributed by atoms with Crippen LogP contribution in [0.2, 0.25) is 5.02 Å². The van der Waals surface area contributed by atoms with Crippen LogP contribution < -0.4 is 19.9 Å². The Morgan fingerprint density at radius 1 is 1.38 bits per heavy atom. The molecule has 0 spiro atoms. The topological polar surface area (TPSA) is 134 Å². The maximum atomic E-state index is 13.1. The first-order valence-corrected chi connectivity index (χ1v) is 11.4. The number of amides is 2. The maximum Gasteiger partial charge on any atom is 0.354 e. The SMILES string of the molecule is COc1cc(-c2ccc(Cl)cc2NC(=O)N=S(N)(=O)c2cnn3c2OC(C)(C)C3)ccn1. The number of ether oxygens (including phenoxy) is 2. The first-order chi connectivity index (χ1) is 15.1. The molecular weight excluding hydrogens is 456 g/mol. The molecule has 4 rings (SSSR count). The van der Waals surface area contributed by atoms with E-state index in [1.165, 1.54) is 13.3 Å². The van der Waals surface area contributed by atoms with E-state index in [1.807, 2.05) is 13.8 Å². The van der Waals surface area contributed by atoms with Crippen LogP contribution in [0, 0.1) is 0 Å². The summed E-state index contributed by atoms with van der Waals surface area (Å²) in [6.45, 7) is 4.19. The fraction of sp³-hybridized carbons (Fsp3) is 0.250. The molecular formula is C20H21ClN6O4S. The maximum absolute atomic E-state index is 13.1. The standard InChI is InChI=1S/C20H21ClN6O4S/c1-20(2)11-27-18(31-20)16(10-24-27)32(22,29)26-19(28)25-15-9-13(21)4-5-14(15)12-6-7-23-17(8-12)30-3/h4-10H,11H2,1-3H3,(H3,22,25,26,28,29). The summed E-state index contributed by atoms with van der Waals surface area (Å²) in [5.41, 5.74) is 1.19. The van der Waals surface area contributed by atoms with E-state index in [4.69, 9.17) is 26.2 Å². The number of methoxy groups -OCH3 is 1. The number of carbonyl (C=O) groups is 1. The van der Waals surface area contributed by atoms with Gasteiger partial charge in [-0.15, -0.1) is 4.36 Å². The molecule has 0 saturated heterocycles. The number of nitrogens with two attached hydrogens (primary N) is 1. The molecule has 168 valence electrons. The summed E-state index contributed by atoms with van der Waals surface area (Å²) >= 11 is 6.12. The molecule has 0 bridgehead atoms. The number of aromatic nitrogens is 3. The Morgan fingerprint density at radius 2 is 2.16 bits per heavy atom. The summed E-state index contributed by atoms with van der Waals surface area (Å²) < 4.78 is 29.3. The second kappa shape index (κ2) is 8.08. The number of nitrogens with one attached hydrogen (secondary N) is 1. The lowest BCUT2D eigenvalue weighted by atomic mass is 10.0. The first-order valence-electron chi connectivity index (χ1n) is 9.49. The van der Waals surface area contributed by atoms with Gasteiger partial charge in [-0.2, -0.15) is 5.10 Å². The summed E-state index contributed by atoms with van der Waals surface area (Å²) in [5.74, 6) is 0.647. The molecule has 12 heteroatoms. The lowest BCUT2D eigenvalue weighted by molar-refractivity contribution is 0.132. The van der Waals surface area contributed by atoms with Crippen molar-refractivity contribution in [2.75, 3.05) is 12.4 Å². The number of carbonyl (C=O) groups excluding carboxylic acids is 1. The van der Waals surface area contributed by atoms with Crippen molar-refractivity contribution in [3.05, 3.63) is 47.7 Å². The summed E-state index contributed by atoms with van der Waals surface area (Å²) in [7, 11) is -2.11. The highest BCUT2D eigenvalue weighted by Gasteiger charge is 2.35. The smallest absolute Gasteiger partial charge is 0.354 e. The van der Waals surface area contributed by atoms with Gasteiger partial charge in [-0.3, -0.25) is 0 Å². The first kappa shape index (κ1) is 22.1. The largest absolute Gasteiger partial charge is 0.481 e. The lowest BCUT2D eigenvalue weighted by Gasteiger charge is -2.16. The van der Waals surface area contributed by atoms with Crippen molar-refractivity contribution in [3.63, 3.8) is 0 Å². The monoisotopic (exact) mass is 476 g/mol. The predicted octanol–water partition coefficient (Wildman–Crippen LogP) is 3.71. The minimum absolute atomic E-state index is 0.0587. The Hall–Kier alpha value is -3.15. The summed E-state index contributed by atoms with van der Waals surface area (Å²) in [6.07, 6.45) is 2.88. The fourth-order valence-electron chi connectivity index (χ4n) is 3.30. The second-order valence-corrected chi connectivity index (χ2v) is 9.90. The molecule has 2 aromatic heterocycles. The molecule has 32 heavy (non-hydrogen) atoms. The highest BCUT2D eigenvalue weighted by Crippen LogP contribution is 2.35. The van der Waals surface area contributed by atoms with E-state index in [2.05, 4.69) is 19.8 Å². The normalized spacial score (nSPS) is 15.9. The van der Waals surface area contributed by atoms with Gasteiger partial charge in [0.2, 0.25) is 11.8 Å². The Labute approximate surface area is 190 Å². The van der Waals surface area contributed by atoms with Crippen molar-refractivity contribution in [1.82, 2.24) is 14.8 Å². The van der Waals surface area contributed by atoms with Crippen LogP contribution in [0.3, 0.4) is 0 Å². The third-order valence-electron chi connectivity index (χ3n) is 4.67. The third kappa shape index (κ3) is 4.40. The van der Waals surface area contributed by atoms with E-state index in [9.17, 15) is 9.00 Å². The molecule has 1 aromatic carbocycles. The molecule has 2 amide bonds. The van der Waals surface area contributed by atoms with Gasteiger partial charge in [-0.1, -0.05) is 17.7 Å². The lowest BCUT2D eigenvalue weighted by Crippen LogP contribution is -2.27. The molecule has 1 aliphatic rings. The average molecular weight is 477 g/mol. The van der Waals surface area contributed by atoms with Crippen LogP contribution in [0.4, 0.5) is 10.5 Å². The van der Waals surface area contributed by atoms with E-state index in [-0.39, 0.29) is 10.8 Å². The van der Waals surface area contributed by atoms with Crippen LogP contribution in [-0.4, -0.2) is 37.7 Å². The molecule has 0 saturated carbocycles. The zero-order valence-corrected chi connectivity index (χ0v) is 19.1. The van der Waals surface area contributed by atoms with Gasteiger partial charge in [0.15, 0.2) is 9.92 Å². The van der Waals surface area contributed by atoms with Crippen molar-refractivity contribution < 1.29 is 18.5 Å². The van der Waals surface area contributed by atoms with Gasteiger partial charge in [0.05, 0.1) is 25.5 Å².